The molecule has 0 spiro atoms. The fourth-order valence-corrected chi connectivity index (χ4v) is 2.34. The van der Waals surface area contributed by atoms with Crippen LogP contribution in [0.25, 0.3) is 0 Å². The second-order valence-corrected chi connectivity index (χ2v) is 5.12. The van der Waals surface area contributed by atoms with Gasteiger partial charge in [-0.2, -0.15) is 0 Å². The zero-order valence-corrected chi connectivity index (χ0v) is 14.2. The molecule has 0 aliphatic heterocycles. The largest absolute Gasteiger partial charge is 0.490 e. The van der Waals surface area contributed by atoms with Gasteiger partial charge in [0.05, 0.1) is 13.2 Å². The summed E-state index contributed by atoms with van der Waals surface area (Å²) in [6, 6.07) is 17.9. The van der Waals surface area contributed by atoms with Crippen molar-refractivity contribution in [2.75, 3.05) is 13.2 Å². The second-order valence-electron chi connectivity index (χ2n) is 4.50. The lowest BCUT2D eigenvalue weighted by Crippen LogP contribution is -2.10. The molecule has 0 N–H and O–H groups in total. The summed E-state index contributed by atoms with van der Waals surface area (Å²) in [6.07, 6.45) is 0.732. The minimum absolute atomic E-state index is 0.0532. The van der Waals surface area contributed by atoms with E-state index < -0.39 is 0 Å². The van der Waals surface area contributed by atoms with Crippen molar-refractivity contribution in [3.63, 3.8) is 0 Å². The summed E-state index contributed by atoms with van der Waals surface area (Å²) in [7, 11) is 0. The third-order valence-corrected chi connectivity index (χ3v) is 3.49. The van der Waals surface area contributed by atoms with Crippen molar-refractivity contribution in [2.45, 2.75) is 19.4 Å². The highest BCUT2D eigenvalue weighted by atomic mass is 127. The Kier molecular flexibility index (Phi) is 6.82. The summed E-state index contributed by atoms with van der Waals surface area (Å²) in [5.41, 5.74) is 1.14. The molecule has 0 heterocycles. The van der Waals surface area contributed by atoms with Crippen LogP contribution in [0.5, 0.6) is 11.5 Å². The third kappa shape index (κ3) is 4.89. The number of benzene rings is 2. The molecule has 4 heteroatoms. The molecular formula is C17H19IO3. The fraction of sp³-hybridized carbons (Fsp3) is 0.294. The van der Waals surface area contributed by atoms with E-state index in [2.05, 4.69) is 12.1 Å². The lowest BCUT2D eigenvalue weighted by atomic mass is 10.1. The van der Waals surface area contributed by atoms with E-state index in [1.807, 2.05) is 72.4 Å². The number of ether oxygens (including phenoxy) is 2. The summed E-state index contributed by atoms with van der Waals surface area (Å²) in [5.74, 6) is 1.54. The van der Waals surface area contributed by atoms with Gasteiger partial charge in [0.15, 0.2) is 11.5 Å². The second kappa shape index (κ2) is 8.89. The minimum Gasteiger partial charge on any atom is -0.490 e. The van der Waals surface area contributed by atoms with Crippen LogP contribution in [-0.4, -0.2) is 13.2 Å². The van der Waals surface area contributed by atoms with E-state index in [1.54, 1.807) is 0 Å². The average molecular weight is 398 g/mol. The van der Waals surface area contributed by atoms with Gasteiger partial charge in [0.25, 0.3) is 0 Å². The van der Waals surface area contributed by atoms with Gasteiger partial charge in [0, 0.05) is 6.42 Å². The Labute approximate surface area is 139 Å². The van der Waals surface area contributed by atoms with E-state index in [9.17, 15) is 0 Å². The molecule has 0 aliphatic carbocycles. The Morgan fingerprint density at radius 3 is 2.29 bits per heavy atom. The van der Waals surface area contributed by atoms with Crippen LogP contribution in [0.1, 0.15) is 25.0 Å². The molecule has 0 saturated carbocycles. The van der Waals surface area contributed by atoms with E-state index in [4.69, 9.17) is 12.5 Å². The summed E-state index contributed by atoms with van der Waals surface area (Å²) in [5, 5.41) is 0. The van der Waals surface area contributed by atoms with Gasteiger partial charge in [-0.3, -0.25) is 0 Å². The summed E-state index contributed by atoms with van der Waals surface area (Å²) < 4.78 is 17.0. The average Bonchev–Trinajstić information content (AvgIpc) is 2.54. The molecule has 112 valence electrons. The molecule has 0 aliphatic rings. The smallest absolute Gasteiger partial charge is 0.162 e. The van der Waals surface area contributed by atoms with Gasteiger partial charge >= 0.3 is 0 Å². The molecular weight excluding hydrogens is 379 g/mol. The first kappa shape index (κ1) is 16.1. The van der Waals surface area contributed by atoms with Crippen molar-refractivity contribution < 1.29 is 12.5 Å². The molecule has 3 nitrogen and oxygen atoms in total. The monoisotopic (exact) mass is 398 g/mol. The van der Waals surface area contributed by atoms with Crippen molar-refractivity contribution in [3.05, 3.63) is 60.2 Å². The molecule has 0 radical (unpaired) electrons. The van der Waals surface area contributed by atoms with E-state index in [1.165, 1.54) is 0 Å². The van der Waals surface area contributed by atoms with Crippen LogP contribution in [0.2, 0.25) is 0 Å². The molecule has 0 bridgehead atoms. The maximum atomic E-state index is 6.18. The minimum atomic E-state index is -0.0532. The first-order valence-electron chi connectivity index (χ1n) is 7.02. The summed E-state index contributed by atoms with van der Waals surface area (Å²) in [4.78, 5) is 0. The number of hydrogen-bond acceptors (Lipinski definition) is 3. The first-order valence-corrected chi connectivity index (χ1v) is 7.90. The standard InChI is InChI=1S/C17H19IO3/c1-2-19-16-10-6-7-11-17(16)21-15(12-13-20-18)14-8-4-3-5-9-14/h3-11,15H,2,12-13H2,1H3/t15-/m1/s1. The molecule has 2 aromatic carbocycles. The molecule has 21 heavy (non-hydrogen) atoms. The fourth-order valence-electron chi connectivity index (χ4n) is 2.09. The van der Waals surface area contributed by atoms with Crippen LogP contribution >= 0.6 is 23.0 Å². The van der Waals surface area contributed by atoms with Gasteiger partial charge in [-0.15, -0.1) is 0 Å². The third-order valence-electron chi connectivity index (χ3n) is 3.05. The van der Waals surface area contributed by atoms with Crippen molar-refractivity contribution >= 4 is 23.0 Å². The Hall–Kier alpha value is -1.27. The first-order chi connectivity index (χ1) is 10.3. The maximum absolute atomic E-state index is 6.18. The number of hydrogen-bond donors (Lipinski definition) is 0. The van der Waals surface area contributed by atoms with Crippen LogP contribution < -0.4 is 9.47 Å². The highest BCUT2D eigenvalue weighted by molar-refractivity contribution is 14.1. The van der Waals surface area contributed by atoms with Gasteiger partial charge in [-0.05, 0) is 24.6 Å². The molecule has 0 aromatic heterocycles. The molecule has 2 aromatic rings. The Morgan fingerprint density at radius 2 is 1.62 bits per heavy atom. The predicted molar refractivity (Wildman–Crippen MR) is 92.0 cm³/mol. The molecule has 0 saturated heterocycles. The summed E-state index contributed by atoms with van der Waals surface area (Å²) >= 11 is 1.91. The number of rotatable bonds is 8. The van der Waals surface area contributed by atoms with Crippen LogP contribution in [0.4, 0.5) is 0 Å². The van der Waals surface area contributed by atoms with Crippen molar-refractivity contribution in [3.8, 4) is 11.5 Å². The van der Waals surface area contributed by atoms with Crippen molar-refractivity contribution in [2.24, 2.45) is 0 Å². The maximum Gasteiger partial charge on any atom is 0.162 e. The van der Waals surface area contributed by atoms with E-state index in [0.717, 1.165) is 23.5 Å². The predicted octanol–water partition coefficient (Wildman–Crippen LogP) is 4.96. The van der Waals surface area contributed by atoms with Crippen LogP contribution in [0, 0.1) is 0 Å². The van der Waals surface area contributed by atoms with Crippen LogP contribution in [0.3, 0.4) is 0 Å². The van der Waals surface area contributed by atoms with Crippen LogP contribution in [-0.2, 0) is 3.07 Å². The lowest BCUT2D eigenvalue weighted by Gasteiger charge is -2.21. The number of para-hydroxylation sites is 2. The Balaban J connectivity index is 2.19. The molecule has 2 rings (SSSR count). The quantitative estimate of drug-likeness (QED) is 0.589. The van der Waals surface area contributed by atoms with Gasteiger partial charge < -0.3 is 12.5 Å². The van der Waals surface area contributed by atoms with Gasteiger partial charge in [0.2, 0.25) is 0 Å². The van der Waals surface area contributed by atoms with Gasteiger partial charge in [0.1, 0.15) is 29.1 Å². The van der Waals surface area contributed by atoms with Crippen LogP contribution in [0.15, 0.2) is 54.6 Å². The lowest BCUT2D eigenvalue weighted by molar-refractivity contribution is 0.167. The Bertz CT molecular complexity index is 531. The zero-order chi connectivity index (χ0) is 14.9. The number of halogens is 1. The summed E-state index contributed by atoms with van der Waals surface area (Å²) in [6.45, 7) is 3.22. The molecule has 0 unspecified atom stereocenters. The Morgan fingerprint density at radius 1 is 0.952 bits per heavy atom. The molecule has 1 atom stereocenters. The highest BCUT2D eigenvalue weighted by Crippen LogP contribution is 2.32. The van der Waals surface area contributed by atoms with Gasteiger partial charge in [-0.1, -0.05) is 42.5 Å². The molecule has 0 amide bonds. The highest BCUT2D eigenvalue weighted by Gasteiger charge is 2.15. The van der Waals surface area contributed by atoms with Crippen molar-refractivity contribution in [1.29, 1.82) is 0 Å². The molecule has 0 fully saturated rings. The van der Waals surface area contributed by atoms with E-state index in [-0.39, 0.29) is 6.10 Å². The van der Waals surface area contributed by atoms with Gasteiger partial charge in [-0.25, -0.2) is 0 Å². The SMILES string of the molecule is CCOc1ccccc1O[C@H](CCOI)c1ccccc1. The van der Waals surface area contributed by atoms with E-state index >= 15 is 0 Å². The normalized spacial score (nSPS) is 11.9. The topological polar surface area (TPSA) is 27.7 Å². The zero-order valence-electron chi connectivity index (χ0n) is 12.0. The van der Waals surface area contributed by atoms with Crippen molar-refractivity contribution in [1.82, 2.24) is 0 Å². The van der Waals surface area contributed by atoms with E-state index in [0.29, 0.717) is 13.2 Å².